The van der Waals surface area contributed by atoms with Crippen LogP contribution in [0.15, 0.2) is 60.7 Å². The van der Waals surface area contributed by atoms with Gasteiger partial charge in [-0.2, -0.15) is 4.80 Å². The number of nitrogens with zero attached hydrogens (tertiary/aromatic N) is 4. The molecule has 0 aliphatic carbocycles. The maximum atomic E-state index is 12.6. The van der Waals surface area contributed by atoms with E-state index in [0.717, 1.165) is 15.9 Å². The number of alkyl carbamates (subject to hydrolysis) is 1. The van der Waals surface area contributed by atoms with Crippen molar-refractivity contribution in [3.63, 3.8) is 0 Å². The predicted molar refractivity (Wildman–Crippen MR) is 114 cm³/mol. The topological polar surface area (TPSA) is 136 Å². The van der Waals surface area contributed by atoms with Crippen molar-refractivity contribution in [3.8, 4) is 0 Å². The molecular weight excluding hydrogens is 414 g/mol. The molecule has 0 saturated carbocycles. The van der Waals surface area contributed by atoms with Gasteiger partial charge in [0.2, 0.25) is 0 Å². The van der Waals surface area contributed by atoms with Gasteiger partial charge in [0.05, 0.1) is 6.42 Å². The van der Waals surface area contributed by atoms with E-state index in [4.69, 9.17) is 9.84 Å². The first-order valence-electron chi connectivity index (χ1n) is 9.72. The molecule has 10 nitrogen and oxygen atoms in total. The fourth-order valence-corrected chi connectivity index (χ4v) is 2.70. The Labute approximate surface area is 183 Å². The smallest absolute Gasteiger partial charge is 0.408 e. The second-order valence-corrected chi connectivity index (χ2v) is 6.74. The van der Waals surface area contributed by atoms with Gasteiger partial charge in [0.25, 0.3) is 0 Å². The third-order valence-electron chi connectivity index (χ3n) is 4.26. The Morgan fingerprint density at radius 1 is 1.03 bits per heavy atom. The lowest BCUT2D eigenvalue weighted by Gasteiger charge is -2.15. The van der Waals surface area contributed by atoms with E-state index in [1.54, 1.807) is 36.4 Å². The highest BCUT2D eigenvalue weighted by Gasteiger charge is 2.25. The van der Waals surface area contributed by atoms with Crippen LogP contribution in [0.1, 0.15) is 23.4 Å². The maximum absolute atomic E-state index is 12.6. The van der Waals surface area contributed by atoms with Gasteiger partial charge in [-0.15, -0.1) is 10.2 Å². The van der Waals surface area contributed by atoms with Crippen LogP contribution in [-0.4, -0.2) is 49.2 Å². The number of nitrogens with one attached hydrogen (secondary N) is 1. The van der Waals surface area contributed by atoms with Crippen LogP contribution in [0, 0.1) is 0 Å². The predicted octanol–water partition coefficient (Wildman–Crippen LogP) is 2.18. The number of rotatable bonds is 10. The lowest BCUT2D eigenvalue weighted by Crippen LogP contribution is -2.44. The van der Waals surface area contributed by atoms with Crippen LogP contribution in [0.25, 0.3) is 12.2 Å². The third-order valence-corrected chi connectivity index (χ3v) is 4.26. The number of benzene rings is 2. The molecule has 1 aromatic heterocycles. The molecule has 1 unspecified atom stereocenters. The number of aliphatic carboxylic acids is 1. The zero-order valence-corrected chi connectivity index (χ0v) is 17.0. The van der Waals surface area contributed by atoms with E-state index in [1.807, 2.05) is 36.4 Å². The van der Waals surface area contributed by atoms with Crippen LogP contribution in [0.5, 0.6) is 0 Å². The van der Waals surface area contributed by atoms with Gasteiger partial charge in [-0.25, -0.2) is 4.79 Å². The number of hydrogen-bond donors (Lipinski definition) is 2. The van der Waals surface area contributed by atoms with Crippen LogP contribution in [0.2, 0.25) is 0 Å². The van der Waals surface area contributed by atoms with E-state index in [0.29, 0.717) is 0 Å². The molecule has 0 bridgehead atoms. The lowest BCUT2D eigenvalue weighted by atomic mass is 10.1. The Morgan fingerprint density at radius 3 is 2.41 bits per heavy atom. The van der Waals surface area contributed by atoms with Gasteiger partial charge in [0.15, 0.2) is 11.6 Å². The van der Waals surface area contributed by atoms with Gasteiger partial charge in [-0.1, -0.05) is 66.7 Å². The normalized spacial score (nSPS) is 11.8. The highest BCUT2D eigenvalue weighted by Crippen LogP contribution is 2.05. The number of carbonyl (C=O) groups excluding carboxylic acids is 2. The molecule has 1 heterocycles. The number of amides is 1. The number of aromatic nitrogens is 4. The summed E-state index contributed by atoms with van der Waals surface area (Å²) >= 11 is 0. The van der Waals surface area contributed by atoms with E-state index in [-0.39, 0.29) is 19.0 Å². The number of ether oxygens (including phenoxy) is 1. The number of carbonyl (C=O) groups is 3. The molecular formula is C22H21N5O5. The summed E-state index contributed by atoms with van der Waals surface area (Å²) < 4.78 is 5.06. The molecule has 1 amide bonds. The lowest BCUT2D eigenvalue weighted by molar-refractivity contribution is -0.139. The Balaban J connectivity index is 1.57. The van der Waals surface area contributed by atoms with E-state index >= 15 is 0 Å². The monoisotopic (exact) mass is 435 g/mol. The molecule has 0 aliphatic rings. The van der Waals surface area contributed by atoms with Crippen molar-refractivity contribution >= 4 is 30.0 Å². The van der Waals surface area contributed by atoms with Crippen molar-refractivity contribution in [1.82, 2.24) is 25.5 Å². The van der Waals surface area contributed by atoms with E-state index in [9.17, 15) is 14.4 Å². The van der Waals surface area contributed by atoms with Crippen LogP contribution >= 0.6 is 0 Å². The van der Waals surface area contributed by atoms with E-state index < -0.39 is 30.3 Å². The molecule has 3 rings (SSSR count). The van der Waals surface area contributed by atoms with Crippen molar-refractivity contribution in [3.05, 3.63) is 77.6 Å². The quantitative estimate of drug-likeness (QED) is 0.494. The zero-order valence-electron chi connectivity index (χ0n) is 17.0. The molecule has 10 heteroatoms. The number of Topliss-reactive ketones (excluding diaryl/α,β-unsaturated/α-hetero) is 1. The number of ketones is 1. The minimum atomic E-state index is -1.30. The molecule has 0 saturated heterocycles. The van der Waals surface area contributed by atoms with Crippen LogP contribution in [0.4, 0.5) is 4.79 Å². The van der Waals surface area contributed by atoms with E-state index in [2.05, 4.69) is 20.7 Å². The molecule has 2 aromatic carbocycles. The maximum Gasteiger partial charge on any atom is 0.408 e. The van der Waals surface area contributed by atoms with Crippen LogP contribution in [-0.2, 0) is 27.5 Å². The minimum absolute atomic E-state index is 0.0115. The van der Waals surface area contributed by atoms with Gasteiger partial charge in [0, 0.05) is 0 Å². The first-order chi connectivity index (χ1) is 15.5. The van der Waals surface area contributed by atoms with Gasteiger partial charge in [-0.05, 0) is 22.4 Å². The number of carboxylic acid groups (broad SMARTS) is 1. The minimum Gasteiger partial charge on any atom is -0.481 e. The molecule has 2 N–H and O–H groups in total. The summed E-state index contributed by atoms with van der Waals surface area (Å²) in [6.07, 6.45) is 1.93. The number of carboxylic acids is 1. The molecule has 32 heavy (non-hydrogen) atoms. The summed E-state index contributed by atoms with van der Waals surface area (Å²) in [4.78, 5) is 36.8. The fourth-order valence-electron chi connectivity index (χ4n) is 2.70. The molecule has 164 valence electrons. The first kappa shape index (κ1) is 22.3. The second-order valence-electron chi connectivity index (χ2n) is 6.74. The van der Waals surface area contributed by atoms with Crippen molar-refractivity contribution in [2.75, 3.05) is 0 Å². The largest absolute Gasteiger partial charge is 0.481 e. The molecule has 1 atom stereocenters. The summed E-state index contributed by atoms with van der Waals surface area (Å²) in [5.74, 6) is -1.56. The molecule has 0 spiro atoms. The molecule has 0 fully saturated rings. The van der Waals surface area contributed by atoms with E-state index in [1.165, 1.54) is 0 Å². The average Bonchev–Trinajstić information content (AvgIpc) is 3.24. The Bertz CT molecular complexity index is 1080. The highest BCUT2D eigenvalue weighted by molar-refractivity contribution is 5.90. The first-order valence-corrected chi connectivity index (χ1v) is 9.72. The summed E-state index contributed by atoms with van der Waals surface area (Å²) in [5, 5.41) is 23.1. The van der Waals surface area contributed by atoms with Gasteiger partial charge < -0.3 is 15.2 Å². The fraction of sp³-hybridized carbons (Fsp3) is 0.182. The average molecular weight is 435 g/mol. The number of tetrazole rings is 1. The van der Waals surface area contributed by atoms with Crippen molar-refractivity contribution in [2.24, 2.45) is 0 Å². The van der Waals surface area contributed by atoms with Gasteiger partial charge >= 0.3 is 12.1 Å². The van der Waals surface area contributed by atoms with Crippen molar-refractivity contribution in [1.29, 1.82) is 0 Å². The van der Waals surface area contributed by atoms with Crippen molar-refractivity contribution < 1.29 is 24.2 Å². The SMILES string of the molecule is O=C(O)CC(NC(=O)OCc1ccccc1)C(=O)Cn1nnc(C=Cc2ccccc2)n1. The van der Waals surface area contributed by atoms with Gasteiger partial charge in [-0.3, -0.25) is 9.59 Å². The van der Waals surface area contributed by atoms with Gasteiger partial charge in [0.1, 0.15) is 19.2 Å². The summed E-state index contributed by atoms with van der Waals surface area (Å²) in [7, 11) is 0. The Hall–Kier alpha value is -4.34. The Morgan fingerprint density at radius 2 is 1.72 bits per heavy atom. The zero-order chi connectivity index (χ0) is 22.8. The molecule has 0 radical (unpaired) electrons. The summed E-state index contributed by atoms with van der Waals surface area (Å²) in [6.45, 7) is -0.370. The van der Waals surface area contributed by atoms with Crippen LogP contribution < -0.4 is 5.32 Å². The summed E-state index contributed by atoms with van der Waals surface area (Å²) in [5.41, 5.74) is 1.70. The number of hydrogen-bond acceptors (Lipinski definition) is 7. The van der Waals surface area contributed by atoms with Crippen molar-refractivity contribution in [2.45, 2.75) is 25.6 Å². The molecule has 0 aliphatic heterocycles. The third kappa shape index (κ3) is 7.17. The van der Waals surface area contributed by atoms with Crippen LogP contribution in [0.3, 0.4) is 0 Å². The molecule has 3 aromatic rings. The standard InChI is InChI=1S/C22H21N5O5/c28-19(14-27-25-20(24-26-27)12-11-16-7-3-1-4-8-16)18(13-21(29)30)23-22(31)32-15-17-9-5-2-6-10-17/h1-12,18H,13-15H2,(H,23,31)(H,29,30). The highest BCUT2D eigenvalue weighted by atomic mass is 16.5. The summed E-state index contributed by atoms with van der Waals surface area (Å²) in [6, 6.07) is 17.1. The second kappa shape index (κ2) is 11.2. The Kier molecular flexibility index (Phi) is 7.79.